The zero-order valence-electron chi connectivity index (χ0n) is 10.5. The van der Waals surface area contributed by atoms with Gasteiger partial charge in [-0.15, -0.1) is 0 Å². The minimum absolute atomic E-state index is 0.751. The lowest BCUT2D eigenvalue weighted by Crippen LogP contribution is -2.31. The van der Waals surface area contributed by atoms with E-state index in [0.29, 0.717) is 0 Å². The summed E-state index contributed by atoms with van der Waals surface area (Å²) >= 11 is 0. The highest BCUT2D eigenvalue weighted by molar-refractivity contribution is 5.59. The molecule has 2 N–H and O–H groups in total. The second kappa shape index (κ2) is 4.69. The van der Waals surface area contributed by atoms with Crippen LogP contribution in [0.5, 0.6) is 0 Å². The number of nitrogens with two attached hydrogens (primary N) is 1. The summed E-state index contributed by atoms with van der Waals surface area (Å²) in [7, 11) is 0. The molecule has 92 valence electrons. The van der Waals surface area contributed by atoms with Crippen LogP contribution < -0.4 is 10.6 Å². The number of rotatable bonds is 4. The summed E-state index contributed by atoms with van der Waals surface area (Å²) in [6, 6.07) is 6.92. The lowest BCUT2D eigenvalue weighted by molar-refractivity contribution is 0.319. The molecule has 1 aromatic carbocycles. The molecule has 17 heavy (non-hydrogen) atoms. The van der Waals surface area contributed by atoms with Gasteiger partial charge in [0.2, 0.25) is 0 Å². The number of hydrogen-bond donors (Lipinski definition) is 1. The van der Waals surface area contributed by atoms with Gasteiger partial charge < -0.3 is 10.6 Å². The van der Waals surface area contributed by atoms with Crippen LogP contribution in [0.4, 0.5) is 5.69 Å². The minimum Gasteiger partial charge on any atom is -0.371 e. The molecule has 0 saturated heterocycles. The Balaban J connectivity index is 1.76. The Bertz CT molecular complexity index is 396. The van der Waals surface area contributed by atoms with Crippen molar-refractivity contribution < 1.29 is 0 Å². The Morgan fingerprint density at radius 1 is 1.29 bits per heavy atom. The van der Waals surface area contributed by atoms with Crippen LogP contribution in [0.2, 0.25) is 0 Å². The molecule has 3 rings (SSSR count). The van der Waals surface area contributed by atoms with Crippen molar-refractivity contribution in [2.75, 3.05) is 24.5 Å². The van der Waals surface area contributed by atoms with Crippen molar-refractivity contribution in [3.63, 3.8) is 0 Å². The Morgan fingerprint density at radius 2 is 2.18 bits per heavy atom. The monoisotopic (exact) mass is 230 g/mol. The van der Waals surface area contributed by atoms with Crippen LogP contribution >= 0.6 is 0 Å². The molecule has 0 atom stereocenters. The number of anilines is 1. The molecular formula is C15H22N2. The van der Waals surface area contributed by atoms with Gasteiger partial charge in [0, 0.05) is 18.8 Å². The maximum Gasteiger partial charge on any atom is 0.0402 e. The lowest BCUT2D eigenvalue weighted by atomic mass is 9.85. The molecule has 1 saturated carbocycles. The van der Waals surface area contributed by atoms with Crippen molar-refractivity contribution in [3.8, 4) is 0 Å². The van der Waals surface area contributed by atoms with E-state index in [4.69, 9.17) is 5.73 Å². The fourth-order valence-corrected chi connectivity index (χ4v) is 2.99. The van der Waals surface area contributed by atoms with E-state index in [9.17, 15) is 0 Å². The van der Waals surface area contributed by atoms with E-state index in [-0.39, 0.29) is 0 Å². The molecule has 1 fully saturated rings. The van der Waals surface area contributed by atoms with Crippen LogP contribution in [0.15, 0.2) is 18.2 Å². The van der Waals surface area contributed by atoms with Crippen molar-refractivity contribution >= 4 is 5.69 Å². The van der Waals surface area contributed by atoms with Crippen molar-refractivity contribution in [1.82, 2.24) is 0 Å². The molecule has 0 aromatic heterocycles. The molecule has 1 aliphatic heterocycles. The Kier molecular flexibility index (Phi) is 3.06. The third-order valence-corrected chi connectivity index (χ3v) is 4.28. The highest BCUT2D eigenvalue weighted by atomic mass is 15.1. The summed E-state index contributed by atoms with van der Waals surface area (Å²) in [6.45, 7) is 3.25. The summed E-state index contributed by atoms with van der Waals surface area (Å²) in [5, 5.41) is 0. The number of hydrogen-bond acceptors (Lipinski definition) is 2. The van der Waals surface area contributed by atoms with E-state index >= 15 is 0 Å². The first-order chi connectivity index (χ1) is 8.36. The van der Waals surface area contributed by atoms with Gasteiger partial charge in [-0.2, -0.15) is 0 Å². The van der Waals surface area contributed by atoms with Crippen LogP contribution in [-0.4, -0.2) is 19.6 Å². The van der Waals surface area contributed by atoms with Gasteiger partial charge in [-0.1, -0.05) is 18.6 Å². The first-order valence-corrected chi connectivity index (χ1v) is 6.93. The zero-order valence-corrected chi connectivity index (χ0v) is 10.5. The van der Waals surface area contributed by atoms with Gasteiger partial charge in [0.15, 0.2) is 0 Å². The number of fused-ring (bicyclic) bond motifs is 1. The molecule has 1 heterocycles. The van der Waals surface area contributed by atoms with Gasteiger partial charge in [-0.05, 0) is 55.3 Å². The van der Waals surface area contributed by atoms with Crippen molar-refractivity contribution in [3.05, 3.63) is 29.3 Å². The average molecular weight is 230 g/mol. The molecule has 0 bridgehead atoms. The summed E-state index contributed by atoms with van der Waals surface area (Å²) in [4.78, 5) is 2.60. The van der Waals surface area contributed by atoms with Crippen LogP contribution in [0, 0.1) is 5.92 Å². The first kappa shape index (κ1) is 11.1. The topological polar surface area (TPSA) is 29.3 Å². The van der Waals surface area contributed by atoms with Crippen LogP contribution in [0.25, 0.3) is 0 Å². The molecule has 0 spiro atoms. The predicted molar refractivity (Wildman–Crippen MR) is 72.5 cm³/mol. The fraction of sp³-hybridized carbons (Fsp3) is 0.600. The highest BCUT2D eigenvalue weighted by Gasteiger charge is 2.25. The van der Waals surface area contributed by atoms with E-state index in [1.807, 2.05) is 0 Å². The summed E-state index contributed by atoms with van der Waals surface area (Å²) in [6.07, 6.45) is 6.55. The summed E-state index contributed by atoms with van der Waals surface area (Å²) in [5.41, 5.74) is 10.1. The second-order valence-electron chi connectivity index (χ2n) is 5.49. The minimum atomic E-state index is 0.751. The third kappa shape index (κ3) is 2.19. The fourth-order valence-electron chi connectivity index (χ4n) is 2.99. The quantitative estimate of drug-likeness (QED) is 0.860. The van der Waals surface area contributed by atoms with Gasteiger partial charge >= 0.3 is 0 Å². The molecule has 2 aliphatic rings. The largest absolute Gasteiger partial charge is 0.371 e. The number of nitrogens with zero attached hydrogens (tertiary/aromatic N) is 1. The molecule has 0 unspecified atom stereocenters. The smallest absolute Gasteiger partial charge is 0.0402 e. The standard InChI is InChI=1S/C15H22N2/c16-8-6-12-4-5-14-7-9-17(15(14)10-12)11-13-2-1-3-13/h4-5,10,13H,1-3,6-9,11,16H2. The molecule has 1 aromatic rings. The second-order valence-corrected chi connectivity index (χ2v) is 5.49. The van der Waals surface area contributed by atoms with Crippen molar-refractivity contribution in [1.29, 1.82) is 0 Å². The normalized spacial score (nSPS) is 19.2. The molecule has 0 amide bonds. The molecule has 0 radical (unpaired) electrons. The van der Waals surface area contributed by atoms with Crippen molar-refractivity contribution in [2.24, 2.45) is 11.7 Å². The molecule has 2 nitrogen and oxygen atoms in total. The van der Waals surface area contributed by atoms with Gasteiger partial charge in [0.1, 0.15) is 0 Å². The van der Waals surface area contributed by atoms with Crippen LogP contribution in [0.1, 0.15) is 30.4 Å². The van der Waals surface area contributed by atoms with Gasteiger partial charge in [0.25, 0.3) is 0 Å². The van der Waals surface area contributed by atoms with Gasteiger partial charge in [0.05, 0.1) is 0 Å². The molecule has 1 aliphatic carbocycles. The van der Waals surface area contributed by atoms with Crippen LogP contribution in [0.3, 0.4) is 0 Å². The van der Waals surface area contributed by atoms with Gasteiger partial charge in [-0.3, -0.25) is 0 Å². The first-order valence-electron chi connectivity index (χ1n) is 6.93. The van der Waals surface area contributed by atoms with E-state index in [2.05, 4.69) is 23.1 Å². The molecule has 2 heteroatoms. The maximum atomic E-state index is 5.64. The van der Waals surface area contributed by atoms with E-state index < -0.39 is 0 Å². The number of benzene rings is 1. The Labute approximate surface area is 104 Å². The lowest BCUT2D eigenvalue weighted by Gasteiger charge is -2.31. The Morgan fingerprint density at radius 3 is 2.88 bits per heavy atom. The highest BCUT2D eigenvalue weighted by Crippen LogP contribution is 2.34. The third-order valence-electron chi connectivity index (χ3n) is 4.28. The predicted octanol–water partition coefficient (Wildman–Crippen LogP) is 2.35. The SMILES string of the molecule is NCCc1ccc2c(c1)N(CC1CCC1)CC2. The Hall–Kier alpha value is -1.02. The van der Waals surface area contributed by atoms with Crippen molar-refractivity contribution in [2.45, 2.75) is 32.1 Å². The summed E-state index contributed by atoms with van der Waals surface area (Å²) < 4.78 is 0. The average Bonchev–Trinajstić information content (AvgIpc) is 2.67. The van der Waals surface area contributed by atoms with Crippen LogP contribution in [-0.2, 0) is 12.8 Å². The van der Waals surface area contributed by atoms with E-state index in [0.717, 1.165) is 18.9 Å². The van der Waals surface area contributed by atoms with E-state index in [1.54, 1.807) is 0 Å². The van der Waals surface area contributed by atoms with Gasteiger partial charge in [-0.25, -0.2) is 0 Å². The summed E-state index contributed by atoms with van der Waals surface area (Å²) in [5.74, 6) is 0.958. The van der Waals surface area contributed by atoms with E-state index in [1.165, 1.54) is 55.6 Å². The maximum absolute atomic E-state index is 5.64. The molecular weight excluding hydrogens is 208 g/mol. The zero-order chi connectivity index (χ0) is 11.7.